The first-order valence-corrected chi connectivity index (χ1v) is 10.9. The van der Waals surface area contributed by atoms with E-state index in [1.165, 1.54) is 21.2 Å². The van der Waals surface area contributed by atoms with Crippen molar-refractivity contribution in [1.82, 2.24) is 0 Å². The summed E-state index contributed by atoms with van der Waals surface area (Å²) in [6.07, 6.45) is 0. The third-order valence-electron chi connectivity index (χ3n) is 5.01. The van der Waals surface area contributed by atoms with Gasteiger partial charge < -0.3 is 0 Å². The average Bonchev–Trinajstić information content (AvgIpc) is 2.73. The van der Waals surface area contributed by atoms with Crippen molar-refractivity contribution in [2.45, 2.75) is 0 Å². The van der Waals surface area contributed by atoms with Gasteiger partial charge in [-0.15, -0.1) is 0 Å². The molecule has 0 amide bonds. The van der Waals surface area contributed by atoms with Crippen molar-refractivity contribution in [1.29, 1.82) is 0 Å². The van der Waals surface area contributed by atoms with Crippen LogP contribution in [-0.2, 0) is 0 Å². The number of hydrogen-bond acceptors (Lipinski definition) is 2. The standard InChI is InChI=1S/C24H21O2P/c25-19-11-15-23(16-12-19)27(21-7-3-1-4-8-21,22-9-5-2-6-10-22)24-17-13-20(26)14-18-24/h1-18,25-27H. The number of rotatable bonds is 4. The molecule has 0 aliphatic heterocycles. The van der Waals surface area contributed by atoms with Gasteiger partial charge in [0.15, 0.2) is 0 Å². The van der Waals surface area contributed by atoms with E-state index in [0.717, 1.165) is 0 Å². The number of benzene rings is 4. The van der Waals surface area contributed by atoms with E-state index in [1.54, 1.807) is 24.3 Å². The second-order valence-corrected chi connectivity index (χ2v) is 10.4. The molecule has 0 fully saturated rings. The van der Waals surface area contributed by atoms with Gasteiger partial charge in [-0.2, -0.15) is 0 Å². The second-order valence-electron chi connectivity index (χ2n) is 6.58. The van der Waals surface area contributed by atoms with Gasteiger partial charge in [0.2, 0.25) is 0 Å². The molecule has 0 heterocycles. The van der Waals surface area contributed by atoms with Crippen molar-refractivity contribution in [3.63, 3.8) is 0 Å². The maximum atomic E-state index is 9.85. The first-order valence-electron chi connectivity index (χ1n) is 8.91. The fraction of sp³-hybridized carbons (Fsp3) is 0. The normalized spacial score (nSPS) is 11.9. The Labute approximate surface area is 159 Å². The molecule has 0 aromatic heterocycles. The molecule has 0 saturated carbocycles. The quantitative estimate of drug-likeness (QED) is 0.539. The molecule has 0 spiro atoms. The molecule has 4 aromatic rings. The Morgan fingerprint density at radius 1 is 0.370 bits per heavy atom. The molecule has 0 radical (unpaired) electrons. The van der Waals surface area contributed by atoms with Crippen LogP contribution in [0.3, 0.4) is 0 Å². The second kappa shape index (κ2) is 7.26. The van der Waals surface area contributed by atoms with E-state index >= 15 is 0 Å². The minimum atomic E-state index is -2.57. The molecular formula is C24H21O2P. The van der Waals surface area contributed by atoms with Crippen LogP contribution in [0.5, 0.6) is 11.5 Å². The van der Waals surface area contributed by atoms with E-state index in [4.69, 9.17) is 0 Å². The zero-order valence-electron chi connectivity index (χ0n) is 14.8. The molecule has 2 nitrogen and oxygen atoms in total. The molecule has 0 atom stereocenters. The Morgan fingerprint density at radius 3 is 1.00 bits per heavy atom. The molecule has 4 aromatic carbocycles. The molecule has 27 heavy (non-hydrogen) atoms. The van der Waals surface area contributed by atoms with Crippen LogP contribution in [0, 0.1) is 0 Å². The van der Waals surface area contributed by atoms with Crippen molar-refractivity contribution in [3.05, 3.63) is 109 Å². The van der Waals surface area contributed by atoms with Crippen molar-refractivity contribution in [2.24, 2.45) is 0 Å². The first-order chi connectivity index (χ1) is 13.2. The Bertz CT molecular complexity index is 924. The van der Waals surface area contributed by atoms with Gasteiger partial charge in [0.05, 0.1) is 0 Å². The first kappa shape index (κ1) is 17.3. The Hall–Kier alpha value is -3.09. The summed E-state index contributed by atoms with van der Waals surface area (Å²) in [6, 6.07) is 36.2. The van der Waals surface area contributed by atoms with E-state index in [-0.39, 0.29) is 11.5 Å². The van der Waals surface area contributed by atoms with Crippen LogP contribution in [-0.4, -0.2) is 10.2 Å². The molecule has 134 valence electrons. The van der Waals surface area contributed by atoms with Crippen LogP contribution in [0.1, 0.15) is 0 Å². The van der Waals surface area contributed by atoms with E-state index in [1.807, 2.05) is 36.4 Å². The van der Waals surface area contributed by atoms with Crippen molar-refractivity contribution in [2.75, 3.05) is 0 Å². The zero-order chi connectivity index (χ0) is 18.7. The Morgan fingerprint density at radius 2 is 0.667 bits per heavy atom. The van der Waals surface area contributed by atoms with Crippen molar-refractivity contribution < 1.29 is 10.2 Å². The zero-order valence-corrected chi connectivity index (χ0v) is 15.8. The fourth-order valence-electron chi connectivity index (χ4n) is 3.80. The van der Waals surface area contributed by atoms with Crippen molar-refractivity contribution >= 4 is 28.5 Å². The van der Waals surface area contributed by atoms with Crippen LogP contribution in [0.25, 0.3) is 0 Å². The molecule has 0 unspecified atom stereocenters. The van der Waals surface area contributed by atoms with E-state index in [0.29, 0.717) is 0 Å². The predicted octanol–water partition coefficient (Wildman–Crippen LogP) is 3.45. The van der Waals surface area contributed by atoms with Crippen LogP contribution < -0.4 is 21.2 Å². The molecule has 2 N–H and O–H groups in total. The maximum absolute atomic E-state index is 9.85. The van der Waals surface area contributed by atoms with Gasteiger partial charge >= 0.3 is 159 Å². The summed E-state index contributed by atoms with van der Waals surface area (Å²) in [5.41, 5.74) is 0. The third-order valence-corrected chi connectivity index (χ3v) is 9.81. The molecule has 0 aliphatic carbocycles. The van der Waals surface area contributed by atoms with E-state index < -0.39 is 7.26 Å². The summed E-state index contributed by atoms with van der Waals surface area (Å²) in [5, 5.41) is 24.6. The topological polar surface area (TPSA) is 40.5 Å². The van der Waals surface area contributed by atoms with Gasteiger partial charge in [-0.05, 0) is 0 Å². The van der Waals surface area contributed by atoms with Crippen LogP contribution in [0.2, 0.25) is 0 Å². The fourth-order valence-corrected chi connectivity index (χ4v) is 8.52. The number of phenolic OH excluding ortho intramolecular Hbond substituents is 2. The molecule has 0 bridgehead atoms. The van der Waals surface area contributed by atoms with E-state index in [9.17, 15) is 10.2 Å². The SMILES string of the molecule is Oc1ccc([PH](c2ccccc2)(c2ccccc2)c2ccc(O)cc2)cc1. The molecule has 0 aliphatic rings. The number of phenols is 2. The van der Waals surface area contributed by atoms with Gasteiger partial charge in [-0.25, -0.2) is 0 Å². The number of aromatic hydroxyl groups is 2. The summed E-state index contributed by atoms with van der Waals surface area (Å²) in [5.74, 6) is 0.516. The summed E-state index contributed by atoms with van der Waals surface area (Å²) in [7, 11) is -2.57. The van der Waals surface area contributed by atoms with Crippen LogP contribution in [0.15, 0.2) is 109 Å². The van der Waals surface area contributed by atoms with Gasteiger partial charge in [-0.1, -0.05) is 0 Å². The molecule has 4 rings (SSSR count). The Balaban J connectivity index is 2.11. The van der Waals surface area contributed by atoms with Crippen molar-refractivity contribution in [3.8, 4) is 11.5 Å². The predicted molar refractivity (Wildman–Crippen MR) is 116 cm³/mol. The van der Waals surface area contributed by atoms with E-state index in [2.05, 4.69) is 48.5 Å². The van der Waals surface area contributed by atoms with Gasteiger partial charge in [0, 0.05) is 0 Å². The summed E-state index contributed by atoms with van der Waals surface area (Å²) in [6.45, 7) is 0. The van der Waals surface area contributed by atoms with Gasteiger partial charge in [0.1, 0.15) is 0 Å². The Kier molecular flexibility index (Phi) is 4.66. The summed E-state index contributed by atoms with van der Waals surface area (Å²) < 4.78 is 0. The van der Waals surface area contributed by atoms with Gasteiger partial charge in [0.25, 0.3) is 0 Å². The average molecular weight is 372 g/mol. The monoisotopic (exact) mass is 372 g/mol. The van der Waals surface area contributed by atoms with Gasteiger partial charge in [-0.3, -0.25) is 0 Å². The number of hydrogen-bond donors (Lipinski definition) is 2. The van der Waals surface area contributed by atoms with Crippen LogP contribution in [0.4, 0.5) is 0 Å². The summed E-state index contributed by atoms with van der Waals surface area (Å²) >= 11 is 0. The van der Waals surface area contributed by atoms with Crippen LogP contribution >= 0.6 is 7.26 Å². The minimum absolute atomic E-state index is 0.258. The molecular weight excluding hydrogens is 351 g/mol. The molecule has 0 saturated heterocycles. The molecule has 3 heteroatoms. The third kappa shape index (κ3) is 3.09. The summed E-state index contributed by atoms with van der Waals surface area (Å²) in [4.78, 5) is 0.